The van der Waals surface area contributed by atoms with Crippen LogP contribution in [0.5, 0.6) is 11.5 Å². The number of methoxy groups -OCH3 is 1. The van der Waals surface area contributed by atoms with Gasteiger partial charge in [-0.05, 0) is 132 Å². The molecule has 0 bridgehead atoms. The van der Waals surface area contributed by atoms with Crippen LogP contribution in [0.2, 0.25) is 10.0 Å². The second-order valence-electron chi connectivity index (χ2n) is 13.4. The van der Waals surface area contributed by atoms with Crippen LogP contribution < -0.4 is 14.8 Å². The molecule has 4 rings (SSSR count). The molecule has 2 N–H and O–H groups in total. The average Bonchev–Trinajstić information content (AvgIpc) is 3.34. The van der Waals surface area contributed by atoms with Crippen LogP contribution in [-0.2, 0) is 15.9 Å². The Kier molecular flexibility index (Phi) is 12.2. The van der Waals surface area contributed by atoms with Crippen molar-refractivity contribution in [2.24, 2.45) is 0 Å². The van der Waals surface area contributed by atoms with Crippen LogP contribution >= 0.6 is 23.2 Å². The number of hydrogen-bond donors (Lipinski definition) is 2. The number of aryl methyl sites for hydroxylation is 5. The fourth-order valence-electron chi connectivity index (χ4n) is 6.20. The van der Waals surface area contributed by atoms with Gasteiger partial charge in [0, 0.05) is 35.7 Å². The van der Waals surface area contributed by atoms with E-state index in [1.807, 2.05) is 71.0 Å². The van der Waals surface area contributed by atoms with Gasteiger partial charge in [0.05, 0.1) is 17.1 Å². The Hall–Kier alpha value is -3.92. The zero-order valence-electron chi connectivity index (χ0n) is 29.7. The van der Waals surface area contributed by atoms with Crippen LogP contribution in [0.1, 0.15) is 78.5 Å². The summed E-state index contributed by atoms with van der Waals surface area (Å²) >= 11 is 13.4. The second kappa shape index (κ2) is 15.7. The molecule has 4 aromatic rings. The number of nitrogens with one attached hydrogen (secondary N) is 1. The normalized spacial score (nSPS) is 12.2. The number of halogens is 2. The summed E-state index contributed by atoms with van der Waals surface area (Å²) in [6.07, 6.45) is 0.382. The van der Waals surface area contributed by atoms with E-state index in [0.717, 1.165) is 33.2 Å². The number of hydrogen-bond acceptors (Lipinski definition) is 6. The van der Waals surface area contributed by atoms with E-state index >= 15 is 0 Å². The van der Waals surface area contributed by atoms with Crippen molar-refractivity contribution in [2.75, 3.05) is 27.1 Å². The molecule has 0 saturated carbocycles. The minimum absolute atomic E-state index is 0.103. The van der Waals surface area contributed by atoms with Crippen molar-refractivity contribution in [3.8, 4) is 22.6 Å². The lowest BCUT2D eigenvalue weighted by molar-refractivity contribution is 0.0509. The lowest BCUT2D eigenvalue weighted by atomic mass is 9.93. The minimum atomic E-state index is -1.08. The van der Waals surface area contributed by atoms with Crippen molar-refractivity contribution in [3.05, 3.63) is 80.0 Å². The molecule has 1 heterocycles. The van der Waals surface area contributed by atoms with E-state index in [2.05, 4.69) is 5.32 Å². The largest absolute Gasteiger partial charge is 0.494 e. The Bertz CT molecular complexity index is 1810. The molecule has 0 spiro atoms. The zero-order valence-corrected chi connectivity index (χ0v) is 31.2. The van der Waals surface area contributed by atoms with Gasteiger partial charge >= 0.3 is 12.1 Å². The number of carbonyl (C=O) groups excluding carboxylic acids is 1. The van der Waals surface area contributed by atoms with Gasteiger partial charge in [-0.3, -0.25) is 0 Å². The standard InChI is InChI=1S/C38H46Cl2N2O7/c1-21-15-27(48-20-46-9)16-22(2)31(21)32-30(39)13-12-29-28(11-10-14-47-26-17-23(3)33(40)24(4)18-26)35(36(43)44)42(34(29)32)25(5)19-41-37(45)49-38(6,7)8/h12-13,15-18,25H,10-11,14,19-20H2,1-9H3,(H,41,45)(H,43,44)/t25-/m1/s1. The molecule has 0 radical (unpaired) electrons. The fraction of sp³-hybridized carbons (Fsp3) is 0.421. The highest BCUT2D eigenvalue weighted by Gasteiger charge is 2.29. The van der Waals surface area contributed by atoms with E-state index in [1.54, 1.807) is 32.4 Å². The lowest BCUT2D eigenvalue weighted by Crippen LogP contribution is -2.35. The van der Waals surface area contributed by atoms with Crippen LogP contribution in [-0.4, -0.2) is 54.4 Å². The maximum absolute atomic E-state index is 13.2. The average molecular weight is 714 g/mol. The molecule has 0 fully saturated rings. The number of rotatable bonds is 13. The smallest absolute Gasteiger partial charge is 0.407 e. The van der Waals surface area contributed by atoms with E-state index in [4.69, 9.17) is 42.1 Å². The predicted molar refractivity (Wildman–Crippen MR) is 195 cm³/mol. The van der Waals surface area contributed by atoms with Crippen LogP contribution in [0.25, 0.3) is 22.0 Å². The van der Waals surface area contributed by atoms with Gasteiger partial charge in [-0.15, -0.1) is 0 Å². The van der Waals surface area contributed by atoms with Crippen molar-refractivity contribution in [2.45, 2.75) is 79.9 Å². The predicted octanol–water partition coefficient (Wildman–Crippen LogP) is 9.63. The van der Waals surface area contributed by atoms with Gasteiger partial charge in [0.2, 0.25) is 0 Å². The van der Waals surface area contributed by atoms with Crippen LogP contribution in [0.15, 0.2) is 36.4 Å². The Balaban J connectivity index is 1.84. The summed E-state index contributed by atoms with van der Waals surface area (Å²) in [6, 6.07) is 10.8. The molecule has 1 aromatic heterocycles. The molecule has 3 aromatic carbocycles. The van der Waals surface area contributed by atoms with Crippen molar-refractivity contribution >= 4 is 46.2 Å². The van der Waals surface area contributed by atoms with Gasteiger partial charge in [0.1, 0.15) is 22.8 Å². The number of carboxylic acid groups (broad SMARTS) is 1. The SMILES string of the molecule is COCOc1cc(C)c(-c2c(Cl)ccc3c(CCCOc4cc(C)c(Cl)c(C)c4)c(C(=O)O)n([C@H](C)CNC(=O)OC(C)(C)C)c23)c(C)c1. The Labute approximate surface area is 298 Å². The molecule has 0 aliphatic carbocycles. The maximum Gasteiger partial charge on any atom is 0.407 e. The van der Waals surface area contributed by atoms with E-state index in [9.17, 15) is 14.7 Å². The number of ether oxygens (including phenoxy) is 4. The van der Waals surface area contributed by atoms with E-state index in [0.29, 0.717) is 57.6 Å². The minimum Gasteiger partial charge on any atom is -0.494 e. The molecule has 1 amide bonds. The van der Waals surface area contributed by atoms with Gasteiger partial charge in [-0.1, -0.05) is 29.3 Å². The first kappa shape index (κ1) is 37.9. The Morgan fingerprint density at radius 2 is 1.51 bits per heavy atom. The van der Waals surface area contributed by atoms with Gasteiger partial charge in [-0.25, -0.2) is 9.59 Å². The van der Waals surface area contributed by atoms with Crippen LogP contribution in [0, 0.1) is 27.7 Å². The van der Waals surface area contributed by atoms with Crippen molar-refractivity contribution in [1.82, 2.24) is 9.88 Å². The molecule has 0 unspecified atom stereocenters. The molecule has 9 nitrogen and oxygen atoms in total. The lowest BCUT2D eigenvalue weighted by Gasteiger charge is -2.23. The van der Waals surface area contributed by atoms with Crippen molar-refractivity contribution < 1.29 is 33.6 Å². The highest BCUT2D eigenvalue weighted by atomic mass is 35.5. The van der Waals surface area contributed by atoms with Crippen LogP contribution in [0.3, 0.4) is 0 Å². The van der Waals surface area contributed by atoms with Gasteiger partial charge in [-0.2, -0.15) is 0 Å². The number of amides is 1. The zero-order chi connectivity index (χ0) is 36.2. The van der Waals surface area contributed by atoms with E-state index < -0.39 is 23.7 Å². The molecule has 0 aliphatic rings. The summed E-state index contributed by atoms with van der Waals surface area (Å²) in [5.41, 5.74) is 5.98. The third kappa shape index (κ3) is 8.82. The third-order valence-corrected chi connectivity index (χ3v) is 9.06. The molecular weight excluding hydrogens is 667 g/mol. The highest BCUT2D eigenvalue weighted by Crippen LogP contribution is 2.44. The quantitative estimate of drug-likeness (QED) is 0.105. The summed E-state index contributed by atoms with van der Waals surface area (Å²) in [7, 11) is 1.56. The van der Waals surface area contributed by atoms with Gasteiger partial charge in [0.25, 0.3) is 0 Å². The highest BCUT2D eigenvalue weighted by molar-refractivity contribution is 6.35. The molecule has 11 heteroatoms. The first-order valence-corrected chi connectivity index (χ1v) is 17.0. The summed E-state index contributed by atoms with van der Waals surface area (Å²) in [5.74, 6) is 0.270. The maximum atomic E-state index is 13.2. The molecule has 264 valence electrons. The second-order valence-corrected chi connectivity index (χ2v) is 14.1. The molecule has 0 aliphatic heterocycles. The summed E-state index contributed by atoms with van der Waals surface area (Å²) in [5, 5.41) is 15.5. The number of nitrogens with zero attached hydrogens (tertiary/aromatic N) is 1. The number of aromatic nitrogens is 1. The molecular formula is C38H46Cl2N2O7. The number of carboxylic acids is 1. The topological polar surface area (TPSA) is 108 Å². The third-order valence-electron chi connectivity index (χ3n) is 8.15. The first-order chi connectivity index (χ1) is 23.0. The molecule has 0 saturated heterocycles. The van der Waals surface area contributed by atoms with Crippen molar-refractivity contribution in [3.63, 3.8) is 0 Å². The van der Waals surface area contributed by atoms with Gasteiger partial charge in [0.15, 0.2) is 6.79 Å². The van der Waals surface area contributed by atoms with E-state index in [1.165, 1.54) is 0 Å². The fourth-order valence-corrected chi connectivity index (χ4v) is 6.56. The number of carbonyl (C=O) groups is 2. The van der Waals surface area contributed by atoms with Crippen LogP contribution in [0.4, 0.5) is 4.79 Å². The Morgan fingerprint density at radius 3 is 2.08 bits per heavy atom. The number of benzene rings is 3. The Morgan fingerprint density at radius 1 is 0.918 bits per heavy atom. The summed E-state index contributed by atoms with van der Waals surface area (Å²) in [4.78, 5) is 25.8. The van der Waals surface area contributed by atoms with Gasteiger partial charge < -0.3 is 33.9 Å². The summed E-state index contributed by atoms with van der Waals surface area (Å²) in [6.45, 7) is 15.6. The number of aromatic carboxylic acids is 1. The monoisotopic (exact) mass is 712 g/mol. The molecule has 49 heavy (non-hydrogen) atoms. The first-order valence-electron chi connectivity index (χ1n) is 16.2. The van der Waals surface area contributed by atoms with E-state index in [-0.39, 0.29) is 19.0 Å². The number of alkyl carbamates (subject to hydrolysis) is 1. The summed E-state index contributed by atoms with van der Waals surface area (Å²) < 4.78 is 24.1. The molecule has 1 atom stereocenters. The number of fused-ring (bicyclic) bond motifs is 1. The van der Waals surface area contributed by atoms with Crippen molar-refractivity contribution in [1.29, 1.82) is 0 Å².